The average Bonchev–Trinajstić information content (AvgIpc) is 3.06. The number of nitrogens with zero attached hydrogens (tertiary/aromatic N) is 3. The molecule has 0 saturated carbocycles. The number of piperidine rings is 1. The summed E-state index contributed by atoms with van der Waals surface area (Å²) < 4.78 is 26.2. The summed E-state index contributed by atoms with van der Waals surface area (Å²) in [5.74, 6) is -0.347. The van der Waals surface area contributed by atoms with E-state index >= 15 is 0 Å². The molecule has 146 valence electrons. The molecule has 27 heavy (non-hydrogen) atoms. The van der Waals surface area contributed by atoms with E-state index < -0.39 is 10.0 Å². The first-order chi connectivity index (χ1) is 12.8. The Labute approximate surface area is 164 Å². The molecular formula is C18H24N4O3S2. The van der Waals surface area contributed by atoms with E-state index in [-0.39, 0.29) is 10.8 Å². The summed E-state index contributed by atoms with van der Waals surface area (Å²) in [4.78, 5) is 20.4. The summed E-state index contributed by atoms with van der Waals surface area (Å²) in [6, 6.07) is 4.78. The number of nitrogens with one attached hydrogen (secondary N) is 1. The third-order valence-corrected chi connectivity index (χ3v) is 7.17. The Kier molecular flexibility index (Phi) is 5.83. The molecule has 1 fully saturated rings. The van der Waals surface area contributed by atoms with E-state index in [1.54, 1.807) is 18.3 Å². The predicted molar refractivity (Wildman–Crippen MR) is 108 cm³/mol. The van der Waals surface area contributed by atoms with Crippen LogP contribution in [0.15, 0.2) is 29.3 Å². The maximum atomic E-state index is 13.0. The SMILES string of the molecule is Cc1cnc(NC(=O)c2cc(S(=O)(=O)N(C)C)ccc2N2CCCCC2)s1. The molecule has 0 unspecified atom stereocenters. The lowest BCUT2D eigenvalue weighted by molar-refractivity contribution is 0.102. The normalized spacial score (nSPS) is 15.2. The number of benzene rings is 1. The second-order valence-electron chi connectivity index (χ2n) is 6.74. The van der Waals surface area contributed by atoms with Gasteiger partial charge in [-0.2, -0.15) is 0 Å². The number of carbonyl (C=O) groups is 1. The highest BCUT2D eigenvalue weighted by Gasteiger charge is 2.24. The number of thiazole rings is 1. The molecule has 1 aromatic carbocycles. The van der Waals surface area contributed by atoms with Gasteiger partial charge in [0.15, 0.2) is 5.13 Å². The standard InChI is InChI=1S/C18H24N4O3S2/c1-13-12-19-18(26-13)20-17(23)15-11-14(27(24,25)21(2)3)7-8-16(15)22-9-5-4-6-10-22/h7-8,11-12H,4-6,9-10H2,1-3H3,(H,19,20,23). The minimum absolute atomic E-state index is 0.105. The summed E-state index contributed by atoms with van der Waals surface area (Å²) in [6.07, 6.45) is 4.98. The highest BCUT2D eigenvalue weighted by Crippen LogP contribution is 2.29. The van der Waals surface area contributed by atoms with Gasteiger partial charge >= 0.3 is 0 Å². The van der Waals surface area contributed by atoms with E-state index in [4.69, 9.17) is 0 Å². The van der Waals surface area contributed by atoms with Crippen molar-refractivity contribution in [3.8, 4) is 0 Å². The van der Waals surface area contributed by atoms with Gasteiger partial charge in [0.05, 0.1) is 10.5 Å². The van der Waals surface area contributed by atoms with Gasteiger partial charge in [-0.25, -0.2) is 17.7 Å². The molecule has 0 atom stereocenters. The van der Waals surface area contributed by atoms with Crippen LogP contribution in [0.1, 0.15) is 34.5 Å². The number of hydrogen-bond acceptors (Lipinski definition) is 6. The fraction of sp³-hybridized carbons (Fsp3) is 0.444. The van der Waals surface area contributed by atoms with Gasteiger partial charge in [-0.3, -0.25) is 10.1 Å². The number of rotatable bonds is 5. The van der Waals surface area contributed by atoms with Crippen LogP contribution >= 0.6 is 11.3 Å². The van der Waals surface area contributed by atoms with Crippen molar-refractivity contribution in [3.63, 3.8) is 0 Å². The molecule has 0 radical (unpaired) electrons. The van der Waals surface area contributed by atoms with Crippen LogP contribution in [0.2, 0.25) is 0 Å². The molecule has 3 rings (SSSR count). The molecule has 9 heteroatoms. The van der Waals surface area contributed by atoms with Crippen molar-refractivity contribution in [1.29, 1.82) is 0 Å². The van der Waals surface area contributed by atoms with Gasteiger partial charge in [0.25, 0.3) is 5.91 Å². The second kappa shape index (κ2) is 7.95. The molecule has 7 nitrogen and oxygen atoms in total. The smallest absolute Gasteiger partial charge is 0.259 e. The quantitative estimate of drug-likeness (QED) is 0.822. The first kappa shape index (κ1) is 19.8. The highest BCUT2D eigenvalue weighted by molar-refractivity contribution is 7.89. The summed E-state index contributed by atoms with van der Waals surface area (Å²) in [7, 11) is -0.671. The Morgan fingerprint density at radius 1 is 1.22 bits per heavy atom. The fourth-order valence-electron chi connectivity index (χ4n) is 3.06. The molecule has 1 aliphatic heterocycles. The van der Waals surface area contributed by atoms with Crippen molar-refractivity contribution in [3.05, 3.63) is 34.8 Å². The summed E-state index contributed by atoms with van der Waals surface area (Å²) in [5, 5.41) is 3.30. The van der Waals surface area contributed by atoms with Crippen LogP contribution in [-0.4, -0.2) is 50.8 Å². The summed E-state index contributed by atoms with van der Waals surface area (Å²) in [5.41, 5.74) is 1.12. The van der Waals surface area contributed by atoms with Crippen molar-refractivity contribution < 1.29 is 13.2 Å². The third kappa shape index (κ3) is 4.31. The van der Waals surface area contributed by atoms with Gasteiger partial charge in [0, 0.05) is 43.9 Å². The lowest BCUT2D eigenvalue weighted by Crippen LogP contribution is -2.32. The van der Waals surface area contributed by atoms with Crippen LogP contribution in [0.4, 0.5) is 10.8 Å². The predicted octanol–water partition coefficient (Wildman–Crippen LogP) is 2.94. The zero-order valence-corrected chi connectivity index (χ0v) is 17.4. The Morgan fingerprint density at radius 2 is 1.93 bits per heavy atom. The molecule has 2 heterocycles. The van der Waals surface area contributed by atoms with Crippen molar-refractivity contribution in [2.45, 2.75) is 31.1 Å². The summed E-state index contributed by atoms with van der Waals surface area (Å²) >= 11 is 1.38. The average molecular weight is 409 g/mol. The molecule has 1 N–H and O–H groups in total. The van der Waals surface area contributed by atoms with Crippen molar-refractivity contribution in [2.75, 3.05) is 37.4 Å². The molecule has 0 aliphatic carbocycles. The monoisotopic (exact) mass is 408 g/mol. The van der Waals surface area contributed by atoms with Crippen molar-refractivity contribution >= 4 is 38.1 Å². The van der Waals surface area contributed by atoms with Crippen LogP contribution < -0.4 is 10.2 Å². The highest BCUT2D eigenvalue weighted by atomic mass is 32.2. The van der Waals surface area contributed by atoms with Gasteiger partial charge in [0.1, 0.15) is 0 Å². The van der Waals surface area contributed by atoms with E-state index in [0.717, 1.165) is 40.8 Å². The molecule has 1 amide bonds. The van der Waals surface area contributed by atoms with Gasteiger partial charge < -0.3 is 4.90 Å². The molecule has 2 aromatic rings. The number of hydrogen-bond donors (Lipinski definition) is 1. The summed E-state index contributed by atoms with van der Waals surface area (Å²) in [6.45, 7) is 3.63. The molecule has 0 bridgehead atoms. The topological polar surface area (TPSA) is 82.6 Å². The van der Waals surface area contributed by atoms with E-state index in [9.17, 15) is 13.2 Å². The zero-order valence-electron chi connectivity index (χ0n) is 15.7. The van der Waals surface area contributed by atoms with E-state index in [1.807, 2.05) is 6.92 Å². The third-order valence-electron chi connectivity index (χ3n) is 4.53. The number of sulfonamides is 1. The maximum absolute atomic E-state index is 13.0. The Morgan fingerprint density at radius 3 is 2.52 bits per heavy atom. The van der Waals surface area contributed by atoms with Gasteiger partial charge in [-0.05, 0) is 44.4 Å². The van der Waals surface area contributed by atoms with Crippen LogP contribution in [0.3, 0.4) is 0 Å². The number of aromatic nitrogens is 1. The van der Waals surface area contributed by atoms with Gasteiger partial charge in [-0.1, -0.05) is 0 Å². The maximum Gasteiger partial charge on any atom is 0.259 e. The number of anilines is 2. The fourth-order valence-corrected chi connectivity index (χ4v) is 4.64. The first-order valence-electron chi connectivity index (χ1n) is 8.84. The number of amides is 1. The lowest BCUT2D eigenvalue weighted by Gasteiger charge is -2.30. The van der Waals surface area contributed by atoms with Gasteiger partial charge in [0.2, 0.25) is 10.0 Å². The molecule has 0 spiro atoms. The minimum atomic E-state index is -3.63. The van der Waals surface area contributed by atoms with E-state index in [2.05, 4.69) is 15.2 Å². The van der Waals surface area contributed by atoms with Crippen LogP contribution in [0.25, 0.3) is 0 Å². The first-order valence-corrected chi connectivity index (χ1v) is 11.1. The molecule has 1 aromatic heterocycles. The molecule has 1 saturated heterocycles. The largest absolute Gasteiger partial charge is 0.371 e. The van der Waals surface area contributed by atoms with E-state index in [1.165, 1.54) is 37.9 Å². The number of carbonyl (C=O) groups excluding carboxylic acids is 1. The molecular weight excluding hydrogens is 384 g/mol. The van der Waals surface area contributed by atoms with Crippen molar-refractivity contribution in [1.82, 2.24) is 9.29 Å². The second-order valence-corrected chi connectivity index (χ2v) is 10.1. The Hall–Kier alpha value is -1.97. The zero-order chi connectivity index (χ0) is 19.6. The van der Waals surface area contributed by atoms with Gasteiger partial charge in [-0.15, -0.1) is 11.3 Å². The number of aryl methyl sites for hydroxylation is 1. The Balaban J connectivity index is 2.01. The minimum Gasteiger partial charge on any atom is -0.371 e. The Bertz CT molecular complexity index is 932. The lowest BCUT2D eigenvalue weighted by atomic mass is 10.1. The molecule has 1 aliphatic rings. The van der Waals surface area contributed by atoms with E-state index in [0.29, 0.717) is 10.7 Å². The van der Waals surface area contributed by atoms with Crippen LogP contribution in [0, 0.1) is 6.92 Å². The van der Waals surface area contributed by atoms with Crippen molar-refractivity contribution in [2.24, 2.45) is 0 Å². The van der Waals surface area contributed by atoms with Crippen LogP contribution in [-0.2, 0) is 10.0 Å². The van der Waals surface area contributed by atoms with Crippen LogP contribution in [0.5, 0.6) is 0 Å².